The van der Waals surface area contributed by atoms with Crippen molar-refractivity contribution in [3.8, 4) is 0 Å². The molecule has 0 amide bonds. The highest BCUT2D eigenvalue weighted by molar-refractivity contribution is 7.99. The fourth-order valence-corrected chi connectivity index (χ4v) is 2.49. The van der Waals surface area contributed by atoms with Crippen LogP contribution in [0.3, 0.4) is 0 Å². The van der Waals surface area contributed by atoms with E-state index in [1.165, 1.54) is 4.90 Å². The van der Waals surface area contributed by atoms with Gasteiger partial charge in [0.2, 0.25) is 0 Å². The number of benzene rings is 1. The van der Waals surface area contributed by atoms with Gasteiger partial charge in [-0.1, -0.05) is 24.4 Å². The molecule has 94 valence electrons. The zero-order valence-electron chi connectivity index (χ0n) is 9.69. The van der Waals surface area contributed by atoms with E-state index >= 15 is 0 Å². The molecule has 1 aromatic rings. The molecule has 1 N–H and O–H groups in total. The Morgan fingerprint density at radius 1 is 1.12 bits per heavy atom. The second-order valence-electron chi connectivity index (χ2n) is 3.86. The van der Waals surface area contributed by atoms with Gasteiger partial charge in [-0.25, -0.2) is 0 Å². The van der Waals surface area contributed by atoms with Gasteiger partial charge in [0, 0.05) is 16.3 Å². The van der Waals surface area contributed by atoms with Gasteiger partial charge >= 0.3 is 5.97 Å². The molecule has 0 aromatic heterocycles. The van der Waals surface area contributed by atoms with Crippen molar-refractivity contribution in [2.24, 2.45) is 0 Å². The average molecular weight is 273 g/mol. The fourth-order valence-electron chi connectivity index (χ4n) is 1.45. The number of unbranched alkanes of at least 4 members (excludes halogenated alkanes) is 3. The van der Waals surface area contributed by atoms with Crippen LogP contribution in [-0.2, 0) is 4.79 Å². The predicted octanol–water partition coefficient (Wildman–Crippen LogP) is 4.47. The zero-order valence-corrected chi connectivity index (χ0v) is 11.3. The van der Waals surface area contributed by atoms with Gasteiger partial charge in [-0.3, -0.25) is 4.79 Å². The van der Waals surface area contributed by atoms with Crippen LogP contribution >= 0.6 is 23.4 Å². The Bertz CT molecular complexity index is 338. The molecule has 0 radical (unpaired) electrons. The van der Waals surface area contributed by atoms with Crippen LogP contribution < -0.4 is 0 Å². The Morgan fingerprint density at radius 3 is 2.41 bits per heavy atom. The van der Waals surface area contributed by atoms with Crippen molar-refractivity contribution < 1.29 is 9.90 Å². The van der Waals surface area contributed by atoms with E-state index in [9.17, 15) is 4.79 Å². The second-order valence-corrected chi connectivity index (χ2v) is 5.47. The summed E-state index contributed by atoms with van der Waals surface area (Å²) in [7, 11) is 0. The van der Waals surface area contributed by atoms with Crippen LogP contribution in [0.4, 0.5) is 0 Å². The summed E-state index contributed by atoms with van der Waals surface area (Å²) in [4.78, 5) is 11.5. The van der Waals surface area contributed by atoms with Crippen molar-refractivity contribution in [2.45, 2.75) is 37.0 Å². The summed E-state index contributed by atoms with van der Waals surface area (Å²) in [5.41, 5.74) is 0. The van der Waals surface area contributed by atoms with E-state index in [2.05, 4.69) is 0 Å². The van der Waals surface area contributed by atoms with Gasteiger partial charge in [-0.2, -0.15) is 0 Å². The molecule has 1 aromatic carbocycles. The maximum absolute atomic E-state index is 10.3. The Balaban J connectivity index is 2.01. The smallest absolute Gasteiger partial charge is 0.303 e. The third-order valence-electron chi connectivity index (χ3n) is 2.37. The largest absolute Gasteiger partial charge is 0.481 e. The van der Waals surface area contributed by atoms with E-state index < -0.39 is 5.97 Å². The summed E-state index contributed by atoms with van der Waals surface area (Å²) in [6, 6.07) is 7.85. The Hall–Kier alpha value is -0.670. The first-order valence-electron chi connectivity index (χ1n) is 5.78. The minimum atomic E-state index is -0.694. The van der Waals surface area contributed by atoms with Crippen LogP contribution in [0, 0.1) is 0 Å². The predicted molar refractivity (Wildman–Crippen MR) is 72.9 cm³/mol. The Kier molecular flexibility index (Phi) is 7.13. The minimum Gasteiger partial charge on any atom is -0.481 e. The van der Waals surface area contributed by atoms with Crippen LogP contribution in [0.1, 0.15) is 32.1 Å². The van der Waals surface area contributed by atoms with Gasteiger partial charge in [-0.15, -0.1) is 11.8 Å². The quantitative estimate of drug-likeness (QED) is 0.560. The molecule has 0 bridgehead atoms. The van der Waals surface area contributed by atoms with E-state index in [-0.39, 0.29) is 0 Å². The van der Waals surface area contributed by atoms with Crippen LogP contribution in [0.15, 0.2) is 29.2 Å². The summed E-state index contributed by atoms with van der Waals surface area (Å²) in [6.45, 7) is 0. The number of hydrogen-bond acceptors (Lipinski definition) is 2. The normalized spacial score (nSPS) is 10.4. The third kappa shape index (κ3) is 7.29. The highest BCUT2D eigenvalue weighted by Crippen LogP contribution is 2.21. The average Bonchev–Trinajstić information content (AvgIpc) is 2.30. The Labute approximate surface area is 111 Å². The lowest BCUT2D eigenvalue weighted by molar-refractivity contribution is -0.137. The molecule has 2 nitrogen and oxygen atoms in total. The van der Waals surface area contributed by atoms with Gasteiger partial charge in [0.1, 0.15) is 0 Å². The monoisotopic (exact) mass is 272 g/mol. The van der Waals surface area contributed by atoms with Crippen LogP contribution in [0.5, 0.6) is 0 Å². The van der Waals surface area contributed by atoms with Crippen molar-refractivity contribution in [3.63, 3.8) is 0 Å². The molecule has 0 fully saturated rings. The second kappa shape index (κ2) is 8.43. The fraction of sp³-hybridized carbons (Fsp3) is 0.462. The highest BCUT2D eigenvalue weighted by atomic mass is 35.5. The lowest BCUT2D eigenvalue weighted by atomic mass is 10.2. The molecule has 4 heteroatoms. The molecule has 0 aliphatic heterocycles. The third-order valence-corrected chi connectivity index (χ3v) is 3.72. The summed E-state index contributed by atoms with van der Waals surface area (Å²) < 4.78 is 0. The number of carboxylic acids is 1. The molecule has 0 spiro atoms. The molecule has 1 rings (SSSR count). The lowest BCUT2D eigenvalue weighted by Gasteiger charge is -2.02. The van der Waals surface area contributed by atoms with Crippen LogP contribution in [0.25, 0.3) is 0 Å². The molecule has 0 heterocycles. The summed E-state index contributed by atoms with van der Waals surface area (Å²) in [6.07, 6.45) is 4.33. The van der Waals surface area contributed by atoms with E-state index in [0.717, 1.165) is 36.5 Å². The van der Waals surface area contributed by atoms with Crippen LogP contribution in [-0.4, -0.2) is 16.8 Å². The number of rotatable bonds is 8. The number of halogens is 1. The molecule has 0 saturated heterocycles. The SMILES string of the molecule is O=C(O)CCCCCCSc1ccc(Cl)cc1. The molecular formula is C13H17ClO2S. The van der Waals surface area contributed by atoms with Crippen molar-refractivity contribution in [3.05, 3.63) is 29.3 Å². The van der Waals surface area contributed by atoms with Crippen molar-refractivity contribution in [1.82, 2.24) is 0 Å². The van der Waals surface area contributed by atoms with Crippen molar-refractivity contribution >= 4 is 29.3 Å². The number of carbonyl (C=O) groups is 1. The standard InChI is InChI=1S/C13H17ClO2S/c14-11-6-8-12(9-7-11)17-10-4-2-1-3-5-13(15)16/h6-9H,1-5,10H2,(H,15,16). The first-order valence-corrected chi connectivity index (χ1v) is 7.15. The first-order chi connectivity index (χ1) is 8.18. The summed E-state index contributed by atoms with van der Waals surface area (Å²) in [5.74, 6) is 0.384. The molecule has 0 saturated carbocycles. The molecule has 17 heavy (non-hydrogen) atoms. The lowest BCUT2D eigenvalue weighted by Crippen LogP contribution is -1.93. The first kappa shape index (κ1) is 14.4. The topological polar surface area (TPSA) is 37.3 Å². The van der Waals surface area contributed by atoms with Crippen molar-refractivity contribution in [1.29, 1.82) is 0 Å². The van der Waals surface area contributed by atoms with E-state index in [0.29, 0.717) is 6.42 Å². The van der Waals surface area contributed by atoms with E-state index in [1.807, 2.05) is 36.0 Å². The highest BCUT2D eigenvalue weighted by Gasteiger charge is 1.97. The number of carboxylic acid groups (broad SMARTS) is 1. The van der Waals surface area contributed by atoms with Gasteiger partial charge in [0.25, 0.3) is 0 Å². The maximum atomic E-state index is 10.3. The summed E-state index contributed by atoms with van der Waals surface area (Å²) >= 11 is 7.62. The van der Waals surface area contributed by atoms with Gasteiger partial charge in [0.05, 0.1) is 0 Å². The zero-order chi connectivity index (χ0) is 12.5. The van der Waals surface area contributed by atoms with E-state index in [4.69, 9.17) is 16.7 Å². The number of aliphatic carboxylic acids is 1. The van der Waals surface area contributed by atoms with Crippen molar-refractivity contribution in [2.75, 3.05) is 5.75 Å². The minimum absolute atomic E-state index is 0.296. The van der Waals surface area contributed by atoms with Gasteiger partial charge < -0.3 is 5.11 Å². The number of thioether (sulfide) groups is 1. The van der Waals surface area contributed by atoms with Gasteiger partial charge in [-0.05, 0) is 42.9 Å². The maximum Gasteiger partial charge on any atom is 0.303 e. The molecule has 0 atom stereocenters. The van der Waals surface area contributed by atoms with E-state index in [1.54, 1.807) is 0 Å². The molecule has 0 aliphatic rings. The number of hydrogen-bond donors (Lipinski definition) is 1. The Morgan fingerprint density at radius 2 is 1.76 bits per heavy atom. The van der Waals surface area contributed by atoms with Gasteiger partial charge in [0.15, 0.2) is 0 Å². The molecule has 0 unspecified atom stereocenters. The molecular weight excluding hydrogens is 256 g/mol. The van der Waals surface area contributed by atoms with Crippen LogP contribution in [0.2, 0.25) is 5.02 Å². The molecule has 0 aliphatic carbocycles. The summed E-state index contributed by atoms with van der Waals surface area (Å²) in [5, 5.41) is 9.24.